The lowest BCUT2D eigenvalue weighted by atomic mass is 9.99. The summed E-state index contributed by atoms with van der Waals surface area (Å²) in [6.07, 6.45) is 0. The van der Waals surface area contributed by atoms with E-state index in [2.05, 4.69) is 0 Å². The van der Waals surface area contributed by atoms with Crippen LogP contribution in [0.3, 0.4) is 0 Å². The molecule has 0 aromatic heterocycles. The Balaban J connectivity index is 2.43. The summed E-state index contributed by atoms with van der Waals surface area (Å²) in [6, 6.07) is 5.81. The first-order valence-corrected chi connectivity index (χ1v) is 8.01. The molecule has 21 heavy (non-hydrogen) atoms. The molecule has 0 spiro atoms. The van der Waals surface area contributed by atoms with Gasteiger partial charge in [-0.3, -0.25) is 4.79 Å². The van der Waals surface area contributed by atoms with Crippen LogP contribution in [0.25, 0.3) is 0 Å². The molecule has 0 radical (unpaired) electrons. The van der Waals surface area contributed by atoms with Crippen molar-refractivity contribution in [3.8, 4) is 6.07 Å². The van der Waals surface area contributed by atoms with Gasteiger partial charge in [-0.15, -0.1) is 0 Å². The van der Waals surface area contributed by atoms with E-state index in [0.29, 0.717) is 0 Å². The van der Waals surface area contributed by atoms with Gasteiger partial charge in [-0.25, -0.2) is 8.42 Å². The molecule has 6 nitrogen and oxygen atoms in total. The second kappa shape index (κ2) is 5.64. The largest absolute Gasteiger partial charge is 0.481 e. The third kappa shape index (κ3) is 2.88. The van der Waals surface area contributed by atoms with Gasteiger partial charge in [0.2, 0.25) is 10.0 Å². The molecular formula is C13H13ClN2O4S. The van der Waals surface area contributed by atoms with Crippen LogP contribution in [0.15, 0.2) is 23.1 Å². The number of carboxylic acid groups (broad SMARTS) is 1. The number of rotatable bonds is 3. The maximum atomic E-state index is 12.6. The number of hydrogen-bond acceptors (Lipinski definition) is 4. The summed E-state index contributed by atoms with van der Waals surface area (Å²) < 4.78 is 26.3. The highest BCUT2D eigenvalue weighted by Gasteiger charge is 2.41. The molecule has 2 rings (SSSR count). The van der Waals surface area contributed by atoms with Crippen molar-refractivity contribution in [2.45, 2.75) is 11.8 Å². The first-order valence-electron chi connectivity index (χ1n) is 6.20. The van der Waals surface area contributed by atoms with Gasteiger partial charge in [-0.05, 0) is 24.1 Å². The number of nitrogens with zero attached hydrogens (tertiary/aromatic N) is 2. The molecule has 1 aromatic carbocycles. The standard InChI is InChI=1S/C13H13ClN2O4S/c1-8-6-16(7-11(8)13(17)18)21(19,20)12-4-10(14)3-2-9(12)5-15/h2-4,8,11H,6-7H2,1H3,(H,17,18)/t8-,11-/m1/s1. The van der Waals surface area contributed by atoms with Crippen LogP contribution in [0.4, 0.5) is 0 Å². The minimum Gasteiger partial charge on any atom is -0.481 e. The molecule has 0 unspecified atom stereocenters. The third-order valence-electron chi connectivity index (χ3n) is 3.58. The number of nitriles is 1. The van der Waals surface area contributed by atoms with Gasteiger partial charge in [0.1, 0.15) is 11.0 Å². The van der Waals surface area contributed by atoms with Crippen LogP contribution in [-0.4, -0.2) is 36.9 Å². The zero-order valence-electron chi connectivity index (χ0n) is 11.2. The lowest BCUT2D eigenvalue weighted by molar-refractivity contribution is -0.142. The molecule has 1 saturated heterocycles. The number of aliphatic carboxylic acids is 1. The van der Waals surface area contributed by atoms with E-state index in [1.54, 1.807) is 6.92 Å². The molecule has 112 valence electrons. The molecule has 2 atom stereocenters. The quantitative estimate of drug-likeness (QED) is 0.907. The van der Waals surface area contributed by atoms with Crippen molar-refractivity contribution in [2.24, 2.45) is 11.8 Å². The predicted molar refractivity (Wildman–Crippen MR) is 75.2 cm³/mol. The monoisotopic (exact) mass is 328 g/mol. The summed E-state index contributed by atoms with van der Waals surface area (Å²) in [5.41, 5.74) is -0.00849. The van der Waals surface area contributed by atoms with Crippen LogP contribution in [0, 0.1) is 23.2 Å². The number of halogens is 1. The Hall–Kier alpha value is -1.62. The number of hydrogen-bond donors (Lipinski definition) is 1. The molecule has 1 aliphatic heterocycles. The summed E-state index contributed by atoms with van der Waals surface area (Å²) in [6.45, 7) is 1.70. The van der Waals surface area contributed by atoms with Crippen LogP contribution in [0.5, 0.6) is 0 Å². The van der Waals surface area contributed by atoms with Crippen molar-refractivity contribution in [3.63, 3.8) is 0 Å². The van der Waals surface area contributed by atoms with E-state index in [-0.39, 0.29) is 34.5 Å². The Morgan fingerprint density at radius 1 is 1.48 bits per heavy atom. The molecule has 1 aliphatic rings. The normalized spacial score (nSPS) is 22.9. The lowest BCUT2D eigenvalue weighted by Crippen LogP contribution is -2.30. The first kappa shape index (κ1) is 15.8. The highest BCUT2D eigenvalue weighted by molar-refractivity contribution is 7.89. The molecule has 1 fully saturated rings. The van der Waals surface area contributed by atoms with Crippen molar-refractivity contribution in [3.05, 3.63) is 28.8 Å². The fraction of sp³-hybridized carbons (Fsp3) is 0.385. The molecule has 0 bridgehead atoms. The highest BCUT2D eigenvalue weighted by Crippen LogP contribution is 2.31. The lowest BCUT2D eigenvalue weighted by Gasteiger charge is -2.17. The minimum absolute atomic E-state index is 0.00849. The van der Waals surface area contributed by atoms with Crippen molar-refractivity contribution in [1.82, 2.24) is 4.31 Å². The molecule has 0 amide bonds. The zero-order valence-corrected chi connectivity index (χ0v) is 12.7. The maximum Gasteiger partial charge on any atom is 0.308 e. The average molecular weight is 329 g/mol. The van der Waals surface area contributed by atoms with E-state index in [1.165, 1.54) is 18.2 Å². The van der Waals surface area contributed by atoms with Crippen LogP contribution in [-0.2, 0) is 14.8 Å². The molecular weight excluding hydrogens is 316 g/mol. The van der Waals surface area contributed by atoms with Gasteiger partial charge >= 0.3 is 5.97 Å². The Morgan fingerprint density at radius 2 is 2.14 bits per heavy atom. The van der Waals surface area contributed by atoms with Crippen LogP contribution < -0.4 is 0 Å². The number of benzene rings is 1. The SMILES string of the molecule is C[C@@H]1CN(S(=O)(=O)c2cc(Cl)ccc2C#N)C[C@H]1C(=O)O. The summed E-state index contributed by atoms with van der Waals surface area (Å²) >= 11 is 5.81. The van der Waals surface area contributed by atoms with Gasteiger partial charge < -0.3 is 5.11 Å². The van der Waals surface area contributed by atoms with E-state index in [4.69, 9.17) is 22.0 Å². The number of carboxylic acids is 1. The summed E-state index contributed by atoms with van der Waals surface area (Å²) in [7, 11) is -3.94. The van der Waals surface area contributed by atoms with E-state index < -0.39 is 21.9 Å². The third-order valence-corrected chi connectivity index (χ3v) is 5.68. The summed E-state index contributed by atoms with van der Waals surface area (Å²) in [5, 5.41) is 18.3. The maximum absolute atomic E-state index is 12.6. The van der Waals surface area contributed by atoms with Gasteiger partial charge in [-0.1, -0.05) is 18.5 Å². The molecule has 0 saturated carbocycles. The molecule has 8 heteroatoms. The van der Waals surface area contributed by atoms with Crippen LogP contribution in [0.1, 0.15) is 12.5 Å². The number of sulfonamides is 1. The smallest absolute Gasteiger partial charge is 0.308 e. The Morgan fingerprint density at radius 3 is 2.67 bits per heavy atom. The second-order valence-corrected chi connectivity index (χ2v) is 7.34. The predicted octanol–water partition coefficient (Wildman–Crippen LogP) is 1.55. The first-order chi connectivity index (χ1) is 9.77. The van der Waals surface area contributed by atoms with E-state index >= 15 is 0 Å². The Kier molecular flexibility index (Phi) is 4.23. The van der Waals surface area contributed by atoms with Crippen LogP contribution in [0.2, 0.25) is 5.02 Å². The van der Waals surface area contributed by atoms with Crippen molar-refractivity contribution < 1.29 is 18.3 Å². The van der Waals surface area contributed by atoms with E-state index in [1.807, 2.05) is 6.07 Å². The molecule has 0 aliphatic carbocycles. The zero-order chi connectivity index (χ0) is 15.8. The van der Waals surface area contributed by atoms with Gasteiger partial charge in [0.25, 0.3) is 0 Å². The van der Waals surface area contributed by atoms with Crippen molar-refractivity contribution >= 4 is 27.6 Å². The molecule has 1 heterocycles. The Bertz CT molecular complexity index is 726. The molecule has 1 N–H and O–H groups in total. The van der Waals surface area contributed by atoms with Gasteiger partial charge in [0, 0.05) is 18.1 Å². The summed E-state index contributed by atoms with van der Waals surface area (Å²) in [4.78, 5) is 10.9. The van der Waals surface area contributed by atoms with Crippen LogP contribution >= 0.6 is 11.6 Å². The van der Waals surface area contributed by atoms with E-state index in [9.17, 15) is 13.2 Å². The van der Waals surface area contributed by atoms with Crippen molar-refractivity contribution in [1.29, 1.82) is 5.26 Å². The van der Waals surface area contributed by atoms with Gasteiger partial charge in [0.05, 0.1) is 11.5 Å². The Labute approximate surface area is 127 Å². The van der Waals surface area contributed by atoms with Crippen molar-refractivity contribution in [2.75, 3.05) is 13.1 Å². The molecule has 1 aromatic rings. The second-order valence-electron chi connectivity index (χ2n) is 5.00. The highest BCUT2D eigenvalue weighted by atomic mass is 35.5. The number of carbonyl (C=O) groups is 1. The fourth-order valence-corrected chi connectivity index (χ4v) is 4.35. The minimum atomic E-state index is -3.94. The topological polar surface area (TPSA) is 98.5 Å². The average Bonchev–Trinajstić information content (AvgIpc) is 2.81. The van der Waals surface area contributed by atoms with E-state index in [0.717, 1.165) is 4.31 Å². The van der Waals surface area contributed by atoms with Gasteiger partial charge in [-0.2, -0.15) is 9.57 Å². The van der Waals surface area contributed by atoms with Gasteiger partial charge in [0.15, 0.2) is 0 Å². The fourth-order valence-electron chi connectivity index (χ4n) is 2.38. The summed E-state index contributed by atoms with van der Waals surface area (Å²) in [5.74, 6) is -2.06.